The number of carbonyl (C=O) groups is 1. The molecule has 0 bridgehead atoms. The fourth-order valence-electron chi connectivity index (χ4n) is 5.38. The number of benzene rings is 1. The van der Waals surface area contributed by atoms with Crippen molar-refractivity contribution in [2.75, 3.05) is 19.8 Å². The molecule has 276 valence electrons. The van der Waals surface area contributed by atoms with Crippen molar-refractivity contribution in [2.24, 2.45) is 16.5 Å². The predicted octanol–water partition coefficient (Wildman–Crippen LogP) is 10.9. The molecule has 0 saturated carbocycles. The van der Waals surface area contributed by atoms with E-state index in [0.717, 1.165) is 19.3 Å². The summed E-state index contributed by atoms with van der Waals surface area (Å²) in [7, 11) is 0. The molecular weight excluding hydrogens is 602 g/mol. The molecule has 1 aromatic rings. The summed E-state index contributed by atoms with van der Waals surface area (Å²) >= 11 is 0. The van der Waals surface area contributed by atoms with Crippen molar-refractivity contribution in [3.8, 4) is 29.6 Å². The number of hydrogen-bond acceptors (Lipinski definition) is 5. The smallest absolute Gasteiger partial charge is 0.381 e. The monoisotopic (exact) mass is 674 g/mol. The van der Waals surface area contributed by atoms with Crippen molar-refractivity contribution in [2.45, 2.75) is 175 Å². The Labute approximate surface area is 294 Å². The fourth-order valence-corrected chi connectivity index (χ4v) is 5.38. The van der Waals surface area contributed by atoms with Crippen molar-refractivity contribution >= 4 is 17.6 Å². The number of nitrogens with zero attached hydrogens (tertiary/aromatic N) is 1. The summed E-state index contributed by atoms with van der Waals surface area (Å²) in [6, 6.07) is 3.77. The summed E-state index contributed by atoms with van der Waals surface area (Å²) in [6.45, 7) is 8.74. The second-order valence-electron chi connectivity index (χ2n) is 12.7. The van der Waals surface area contributed by atoms with E-state index in [1.807, 2.05) is 12.1 Å². The zero-order valence-corrected chi connectivity index (χ0v) is 31.0. The van der Waals surface area contributed by atoms with Crippen molar-refractivity contribution in [1.29, 1.82) is 0 Å². The molecule has 0 aliphatic rings. The van der Waals surface area contributed by atoms with Gasteiger partial charge in [0.2, 0.25) is 5.75 Å². The van der Waals surface area contributed by atoms with E-state index in [4.69, 9.17) is 35.6 Å². The van der Waals surface area contributed by atoms with Crippen LogP contribution in [0.2, 0.25) is 0 Å². The normalized spacial score (nSPS) is 10.5. The molecule has 0 radical (unpaired) electrons. The van der Waals surface area contributed by atoms with Crippen LogP contribution in [0, 0.1) is 12.3 Å². The summed E-state index contributed by atoms with van der Waals surface area (Å²) < 4.78 is 19.0. The molecule has 5 N–H and O–H groups in total. The van der Waals surface area contributed by atoms with Gasteiger partial charge in [0.1, 0.15) is 0 Å². The van der Waals surface area contributed by atoms with Crippen LogP contribution in [0.5, 0.6) is 17.2 Å². The lowest BCUT2D eigenvalue weighted by atomic mass is 10.1. The topological polar surface area (TPSA) is 129 Å². The molecule has 1 rings (SSSR count). The molecule has 0 fully saturated rings. The van der Waals surface area contributed by atoms with Gasteiger partial charge in [-0.15, -0.1) is 6.42 Å². The zero-order valence-electron chi connectivity index (χ0n) is 31.0. The molecule has 0 amide bonds. The zero-order chi connectivity index (χ0) is 35.5. The highest BCUT2D eigenvalue weighted by atomic mass is 16.5. The van der Waals surface area contributed by atoms with Gasteiger partial charge in [0.05, 0.1) is 25.5 Å². The predicted molar refractivity (Wildman–Crippen MR) is 203 cm³/mol. The van der Waals surface area contributed by atoms with E-state index < -0.39 is 5.97 Å². The Balaban J connectivity index is 0.00000409. The first-order chi connectivity index (χ1) is 23.4. The number of rotatable bonds is 31. The van der Waals surface area contributed by atoms with E-state index in [9.17, 15) is 0 Å². The third-order valence-corrected chi connectivity index (χ3v) is 8.14. The summed E-state index contributed by atoms with van der Waals surface area (Å²) in [6.07, 6.45) is 34.6. The molecule has 0 atom stereocenters. The highest BCUT2D eigenvalue weighted by Gasteiger charge is 2.16. The molecule has 48 heavy (non-hydrogen) atoms. The Bertz CT molecular complexity index is 929. The summed E-state index contributed by atoms with van der Waals surface area (Å²) in [5.74, 6) is 2.30. The molecule has 0 saturated heterocycles. The standard InChI is InChI=1S/C37H69N3O3.C3H2O2/c1-4-7-10-13-16-19-22-25-28-41-34-31-33(40-37(38)39)32-35(42-29-26-23-20-17-14-11-8-5-2)36(34)43-30-27-24-21-18-15-12-9-6-3;1-2-3(4)5/h31-32H,4-30H2,1-3H3,(H4,38,39,40);1H,(H,4,5). The van der Waals surface area contributed by atoms with Crippen LogP contribution < -0.4 is 25.7 Å². The molecule has 0 unspecified atom stereocenters. The quantitative estimate of drug-likeness (QED) is 0.0309. The fraction of sp³-hybridized carbons (Fsp3) is 0.750. The number of terminal acetylenes is 1. The van der Waals surface area contributed by atoms with E-state index in [2.05, 4.69) is 32.2 Å². The van der Waals surface area contributed by atoms with Gasteiger partial charge in [0.15, 0.2) is 17.5 Å². The second-order valence-corrected chi connectivity index (χ2v) is 12.7. The first kappa shape index (κ1) is 44.9. The highest BCUT2D eigenvalue weighted by Crippen LogP contribution is 2.42. The first-order valence-corrected chi connectivity index (χ1v) is 19.2. The lowest BCUT2D eigenvalue weighted by Crippen LogP contribution is -2.21. The number of nitrogens with two attached hydrogens (primary N) is 2. The number of unbranched alkanes of at least 4 members (excludes halogenated alkanes) is 21. The summed E-state index contributed by atoms with van der Waals surface area (Å²) in [5, 5.41) is 7.49. The van der Waals surface area contributed by atoms with Crippen LogP contribution in [0.1, 0.15) is 175 Å². The Morgan fingerprint density at radius 3 is 1.19 bits per heavy atom. The molecule has 0 aliphatic heterocycles. The lowest BCUT2D eigenvalue weighted by molar-refractivity contribution is -0.130. The Hall–Kier alpha value is -3.08. The van der Waals surface area contributed by atoms with Crippen molar-refractivity contribution in [1.82, 2.24) is 0 Å². The van der Waals surface area contributed by atoms with Gasteiger partial charge in [-0.3, -0.25) is 0 Å². The average Bonchev–Trinajstić information content (AvgIpc) is 3.06. The second kappa shape index (κ2) is 33.8. The minimum Gasteiger partial charge on any atom is -0.489 e. The van der Waals surface area contributed by atoms with Crippen molar-refractivity contribution < 1.29 is 24.1 Å². The van der Waals surface area contributed by atoms with Crippen LogP contribution in [0.15, 0.2) is 17.1 Å². The van der Waals surface area contributed by atoms with Gasteiger partial charge in [0, 0.05) is 18.1 Å². The van der Waals surface area contributed by atoms with Crippen LogP contribution in [0.25, 0.3) is 0 Å². The van der Waals surface area contributed by atoms with E-state index in [-0.39, 0.29) is 5.96 Å². The van der Waals surface area contributed by atoms with Crippen molar-refractivity contribution in [3.05, 3.63) is 12.1 Å². The van der Waals surface area contributed by atoms with E-state index >= 15 is 0 Å². The minimum atomic E-state index is -1.22. The van der Waals surface area contributed by atoms with Gasteiger partial charge in [0.25, 0.3) is 0 Å². The Morgan fingerprint density at radius 2 is 0.896 bits per heavy atom. The van der Waals surface area contributed by atoms with Gasteiger partial charge >= 0.3 is 5.97 Å². The third-order valence-electron chi connectivity index (χ3n) is 8.14. The molecule has 0 spiro atoms. The summed E-state index contributed by atoms with van der Waals surface area (Å²) in [4.78, 5) is 13.4. The summed E-state index contributed by atoms with van der Waals surface area (Å²) in [5.41, 5.74) is 12.1. The van der Waals surface area contributed by atoms with Crippen molar-refractivity contribution in [3.63, 3.8) is 0 Å². The van der Waals surface area contributed by atoms with Gasteiger partial charge in [-0.2, -0.15) is 0 Å². The maximum atomic E-state index is 9.13. The number of ether oxygens (including phenoxy) is 3. The van der Waals surface area contributed by atoms with Crippen LogP contribution in [0.4, 0.5) is 5.69 Å². The molecule has 8 heteroatoms. The highest BCUT2D eigenvalue weighted by molar-refractivity contribution is 5.85. The average molecular weight is 674 g/mol. The first-order valence-electron chi connectivity index (χ1n) is 19.2. The number of aliphatic imine (C=N–C) groups is 1. The van der Waals surface area contributed by atoms with E-state index in [1.54, 1.807) is 0 Å². The van der Waals surface area contributed by atoms with E-state index in [1.165, 1.54) is 141 Å². The van der Waals surface area contributed by atoms with Gasteiger partial charge < -0.3 is 30.8 Å². The largest absolute Gasteiger partial charge is 0.489 e. The molecular formula is C40H71N3O5. The number of carboxylic acids is 1. The number of guanidine groups is 1. The number of carboxylic acid groups (broad SMARTS) is 1. The number of hydrogen-bond donors (Lipinski definition) is 3. The number of aliphatic carboxylic acids is 1. The SMILES string of the molecule is C#CC(=O)O.CCCCCCCCCCOc1cc(N=C(N)N)cc(OCCCCCCCCCC)c1OCCCCCCCCCC. The minimum absolute atomic E-state index is 0.0238. The molecule has 0 aromatic heterocycles. The van der Waals surface area contributed by atoms with Crippen LogP contribution in [-0.4, -0.2) is 36.9 Å². The Kier molecular flexibility index (Phi) is 31.6. The molecule has 0 aliphatic carbocycles. The van der Waals surface area contributed by atoms with Gasteiger partial charge in [-0.05, 0) is 19.3 Å². The molecule has 0 heterocycles. The van der Waals surface area contributed by atoms with E-state index in [0.29, 0.717) is 42.8 Å². The molecule has 8 nitrogen and oxygen atoms in total. The maximum absolute atomic E-state index is 9.13. The van der Waals surface area contributed by atoms with Gasteiger partial charge in [-0.1, -0.05) is 156 Å². The van der Waals surface area contributed by atoms with Gasteiger partial charge in [-0.25, -0.2) is 9.79 Å². The maximum Gasteiger partial charge on any atom is 0.381 e. The van der Waals surface area contributed by atoms with Crippen LogP contribution in [-0.2, 0) is 4.79 Å². The van der Waals surface area contributed by atoms with Crippen LogP contribution in [0.3, 0.4) is 0 Å². The van der Waals surface area contributed by atoms with Crippen LogP contribution >= 0.6 is 0 Å². The Morgan fingerprint density at radius 1 is 0.604 bits per heavy atom. The lowest BCUT2D eigenvalue weighted by Gasteiger charge is -2.18. The molecule has 1 aromatic carbocycles. The third kappa shape index (κ3) is 28.0.